The van der Waals surface area contributed by atoms with E-state index in [0.717, 1.165) is 45.9 Å². The monoisotopic (exact) mass is 590 g/mol. The van der Waals surface area contributed by atoms with Gasteiger partial charge in [0.05, 0.1) is 29.8 Å². The second-order valence-corrected chi connectivity index (χ2v) is 11.9. The van der Waals surface area contributed by atoms with Crippen LogP contribution in [0.2, 0.25) is 0 Å². The first-order valence-electron chi connectivity index (χ1n) is 13.1. The smallest absolute Gasteiger partial charge is 0.416 e. The first-order valence-corrected chi connectivity index (χ1v) is 14.5. The van der Waals surface area contributed by atoms with Crippen molar-refractivity contribution < 1.29 is 41.0 Å². The molecule has 1 unspecified atom stereocenters. The third kappa shape index (κ3) is 5.92. The number of halogens is 3. The summed E-state index contributed by atoms with van der Waals surface area (Å²) < 4.78 is 80.4. The maximum Gasteiger partial charge on any atom is 0.416 e. The van der Waals surface area contributed by atoms with Gasteiger partial charge in [0.15, 0.2) is 0 Å². The molecule has 0 aliphatic carbocycles. The van der Waals surface area contributed by atoms with Gasteiger partial charge in [0.25, 0.3) is 10.0 Å². The van der Waals surface area contributed by atoms with Gasteiger partial charge in [-0.25, -0.2) is 8.42 Å². The number of carbonyl (C=O) groups is 1. The number of methoxy groups -OCH3 is 1. The number of aliphatic carboxylic acids is 1. The van der Waals surface area contributed by atoms with Crippen molar-refractivity contribution in [3.8, 4) is 11.5 Å². The highest BCUT2D eigenvalue weighted by molar-refractivity contribution is 7.92. The molecule has 0 aromatic heterocycles. The van der Waals surface area contributed by atoms with Crippen LogP contribution in [-0.2, 0) is 21.0 Å². The Morgan fingerprint density at radius 1 is 1.07 bits per heavy atom. The van der Waals surface area contributed by atoms with E-state index in [4.69, 9.17) is 14.6 Å². The molecule has 41 heavy (non-hydrogen) atoms. The van der Waals surface area contributed by atoms with E-state index in [9.17, 15) is 26.4 Å². The van der Waals surface area contributed by atoms with Crippen LogP contribution in [0.1, 0.15) is 36.3 Å². The number of rotatable bonds is 8. The van der Waals surface area contributed by atoms with Gasteiger partial charge in [-0.2, -0.15) is 13.2 Å². The van der Waals surface area contributed by atoms with Gasteiger partial charge in [0, 0.05) is 31.1 Å². The fourth-order valence-corrected chi connectivity index (χ4v) is 6.92. The number of fused-ring (bicyclic) bond motifs is 1. The Bertz CT molecular complexity index is 1550. The fourth-order valence-electron chi connectivity index (χ4n) is 5.37. The summed E-state index contributed by atoms with van der Waals surface area (Å²) in [5.41, 5.74) is 0.918. The Balaban J connectivity index is 1.49. The molecule has 12 heteroatoms. The summed E-state index contributed by atoms with van der Waals surface area (Å²) in [6.45, 7) is 1.11. The second-order valence-electron chi connectivity index (χ2n) is 10.1. The third-order valence-corrected chi connectivity index (χ3v) is 9.21. The lowest BCUT2D eigenvalue weighted by Crippen LogP contribution is -2.43. The minimum Gasteiger partial charge on any atom is -0.496 e. The van der Waals surface area contributed by atoms with E-state index in [-0.39, 0.29) is 36.7 Å². The predicted octanol–water partition coefficient (Wildman–Crippen LogP) is 5.53. The first kappa shape index (κ1) is 28.6. The number of hydrogen-bond acceptors (Lipinski definition) is 6. The van der Waals surface area contributed by atoms with Crippen molar-refractivity contribution in [2.75, 3.05) is 35.9 Å². The number of ether oxygens (including phenoxy) is 2. The quantitative estimate of drug-likeness (QED) is 0.369. The summed E-state index contributed by atoms with van der Waals surface area (Å²) in [5.74, 6) is 0.125. The SMILES string of the molecule is COc1ccccc1C1CCN(c2ccc3c(c2)N(S(=O)(=O)c2cccc(C(F)(F)F)c2)C[C@H](CCC(=O)O)O3)C1. The van der Waals surface area contributed by atoms with Crippen LogP contribution >= 0.6 is 0 Å². The normalized spacial score (nSPS) is 19.0. The molecule has 2 aliphatic heterocycles. The van der Waals surface area contributed by atoms with Crippen LogP contribution in [0.4, 0.5) is 24.5 Å². The van der Waals surface area contributed by atoms with Crippen molar-refractivity contribution in [3.63, 3.8) is 0 Å². The minimum absolute atomic E-state index is 0.0256. The van der Waals surface area contributed by atoms with E-state index in [1.54, 1.807) is 25.3 Å². The summed E-state index contributed by atoms with van der Waals surface area (Å²) in [4.78, 5) is 12.8. The average Bonchev–Trinajstić information content (AvgIpc) is 3.45. The van der Waals surface area contributed by atoms with Crippen molar-refractivity contribution in [2.45, 2.75) is 42.4 Å². The number of para-hydroxylation sites is 1. The largest absolute Gasteiger partial charge is 0.496 e. The molecule has 3 aromatic rings. The maximum atomic E-state index is 13.8. The predicted molar refractivity (Wildman–Crippen MR) is 146 cm³/mol. The van der Waals surface area contributed by atoms with Gasteiger partial charge in [0.1, 0.15) is 17.6 Å². The molecule has 5 rings (SSSR count). The van der Waals surface area contributed by atoms with Crippen LogP contribution in [0, 0.1) is 0 Å². The molecule has 1 saturated heterocycles. The molecule has 3 aromatic carbocycles. The van der Waals surface area contributed by atoms with Crippen LogP contribution in [0.15, 0.2) is 71.6 Å². The topological polar surface area (TPSA) is 96.4 Å². The lowest BCUT2D eigenvalue weighted by atomic mass is 9.97. The Labute approximate surface area is 236 Å². The molecular weight excluding hydrogens is 561 g/mol. The Morgan fingerprint density at radius 3 is 2.59 bits per heavy atom. The van der Waals surface area contributed by atoms with Gasteiger partial charge in [-0.3, -0.25) is 9.10 Å². The molecule has 0 amide bonds. The van der Waals surface area contributed by atoms with Gasteiger partial charge >= 0.3 is 12.1 Å². The molecule has 218 valence electrons. The summed E-state index contributed by atoms with van der Waals surface area (Å²) in [7, 11) is -2.84. The Kier molecular flexibility index (Phi) is 7.78. The highest BCUT2D eigenvalue weighted by Crippen LogP contribution is 2.43. The second kappa shape index (κ2) is 11.2. The summed E-state index contributed by atoms with van der Waals surface area (Å²) in [5, 5.41) is 9.14. The van der Waals surface area contributed by atoms with E-state index >= 15 is 0 Å². The summed E-state index contributed by atoms with van der Waals surface area (Å²) in [6, 6.07) is 16.5. The Hall–Kier alpha value is -3.93. The van der Waals surface area contributed by atoms with Crippen molar-refractivity contribution >= 4 is 27.4 Å². The van der Waals surface area contributed by atoms with Crippen LogP contribution in [0.5, 0.6) is 11.5 Å². The van der Waals surface area contributed by atoms with Gasteiger partial charge < -0.3 is 19.5 Å². The van der Waals surface area contributed by atoms with Crippen LogP contribution < -0.4 is 18.7 Å². The zero-order valence-corrected chi connectivity index (χ0v) is 23.0. The minimum atomic E-state index is -4.72. The zero-order chi connectivity index (χ0) is 29.4. The van der Waals surface area contributed by atoms with E-state index < -0.39 is 38.7 Å². The maximum absolute atomic E-state index is 13.8. The molecule has 1 N–H and O–H groups in total. The number of hydrogen-bond donors (Lipinski definition) is 1. The zero-order valence-electron chi connectivity index (χ0n) is 22.2. The number of anilines is 2. The van der Waals surface area contributed by atoms with Crippen LogP contribution in [0.25, 0.3) is 0 Å². The molecule has 2 aliphatic rings. The van der Waals surface area contributed by atoms with Crippen LogP contribution in [-0.4, -0.2) is 52.3 Å². The summed E-state index contributed by atoms with van der Waals surface area (Å²) >= 11 is 0. The number of benzene rings is 3. The van der Waals surface area contributed by atoms with Crippen molar-refractivity contribution in [1.82, 2.24) is 0 Å². The van der Waals surface area contributed by atoms with E-state index in [1.165, 1.54) is 0 Å². The summed E-state index contributed by atoms with van der Waals surface area (Å²) in [6.07, 6.45) is -4.91. The molecule has 0 radical (unpaired) electrons. The van der Waals surface area contributed by atoms with Crippen molar-refractivity contribution in [1.29, 1.82) is 0 Å². The van der Waals surface area contributed by atoms with Gasteiger partial charge in [-0.1, -0.05) is 24.3 Å². The lowest BCUT2D eigenvalue weighted by molar-refractivity contribution is -0.138. The highest BCUT2D eigenvalue weighted by atomic mass is 32.2. The fraction of sp³-hybridized carbons (Fsp3) is 0.345. The molecule has 0 saturated carbocycles. The first-order chi connectivity index (χ1) is 19.5. The highest BCUT2D eigenvalue weighted by Gasteiger charge is 2.38. The number of alkyl halides is 3. The van der Waals surface area contributed by atoms with Gasteiger partial charge in [-0.05, 0) is 60.9 Å². The van der Waals surface area contributed by atoms with Crippen molar-refractivity contribution in [3.05, 3.63) is 77.9 Å². The molecule has 1 fully saturated rings. The van der Waals surface area contributed by atoms with E-state index in [2.05, 4.69) is 4.90 Å². The molecule has 0 bridgehead atoms. The molecule has 0 spiro atoms. The number of carboxylic acids is 1. The van der Waals surface area contributed by atoms with E-state index in [0.29, 0.717) is 19.2 Å². The van der Waals surface area contributed by atoms with Crippen LogP contribution in [0.3, 0.4) is 0 Å². The molecular formula is C29H29F3N2O6S. The molecule has 2 heterocycles. The molecule has 8 nitrogen and oxygen atoms in total. The van der Waals surface area contributed by atoms with E-state index in [1.807, 2.05) is 24.3 Å². The number of sulfonamides is 1. The average molecular weight is 591 g/mol. The number of nitrogens with zero attached hydrogens (tertiary/aromatic N) is 2. The standard InChI is InChI=1S/C29H29F3N2O6S/c1-39-26-8-3-2-7-24(26)19-13-14-33(17-19)21-9-11-27-25(16-21)34(18-22(40-27)10-12-28(35)36)41(37,38)23-6-4-5-20(15-23)29(30,31)32/h2-9,11,15-16,19,22H,10,12-14,17-18H2,1H3,(H,35,36)/t19?,22-/m0/s1. The lowest BCUT2D eigenvalue weighted by Gasteiger charge is -2.36. The number of carboxylic acid groups (broad SMARTS) is 1. The molecule has 2 atom stereocenters. The van der Waals surface area contributed by atoms with Gasteiger partial charge in [-0.15, -0.1) is 0 Å². The van der Waals surface area contributed by atoms with Crippen molar-refractivity contribution in [2.24, 2.45) is 0 Å². The third-order valence-electron chi connectivity index (χ3n) is 7.44. The van der Waals surface area contributed by atoms with Gasteiger partial charge in [0.2, 0.25) is 0 Å². The Morgan fingerprint density at radius 2 is 1.85 bits per heavy atom.